The van der Waals surface area contributed by atoms with E-state index in [1.807, 2.05) is 86.1 Å². The number of cyclic esters (lactones) is 1. The van der Waals surface area contributed by atoms with Gasteiger partial charge >= 0.3 is 5.97 Å². The van der Waals surface area contributed by atoms with Gasteiger partial charge < -0.3 is 113 Å². The second-order valence-electron chi connectivity index (χ2n) is 33.7. The number of nitrogens with one attached hydrogen (secondary N) is 1. The highest BCUT2D eigenvalue weighted by molar-refractivity contribution is 6.39. The number of piperidine rings is 1. The number of aromatic nitrogens is 8. The summed E-state index contributed by atoms with van der Waals surface area (Å²) in [4.78, 5) is 88.1. The van der Waals surface area contributed by atoms with Gasteiger partial charge in [0.25, 0.3) is 17.7 Å². The van der Waals surface area contributed by atoms with Crippen LogP contribution < -0.4 is 21.7 Å². The molecule has 1 aliphatic carbocycles. The number of nitrogens with zero attached hydrogens (tertiary/aromatic N) is 10. The number of nitrogens with two attached hydrogens (primary N) is 2. The van der Waals surface area contributed by atoms with Crippen molar-refractivity contribution in [2.24, 2.45) is 35.3 Å². The summed E-state index contributed by atoms with van der Waals surface area (Å²) < 4.78 is 90.9. The number of rotatable bonds is 46. The monoisotopic (exact) mass is 1780 g/mol. The van der Waals surface area contributed by atoms with Gasteiger partial charge in [0.2, 0.25) is 5.79 Å². The number of amides is 1. The number of aliphatic hydroxyl groups excluding tert-OH is 2. The molecule has 2 bridgehead atoms. The van der Waals surface area contributed by atoms with E-state index >= 15 is 0 Å². The van der Waals surface area contributed by atoms with Gasteiger partial charge in [0.1, 0.15) is 59.2 Å². The normalized spacial score (nSPS) is 25.9. The molecule has 2 saturated heterocycles. The Labute approximate surface area is 746 Å². The molecular formula is C91H141N13O23. The average Bonchev–Trinajstić information content (AvgIpc) is 1.52. The predicted octanol–water partition coefficient (Wildman–Crippen LogP) is 7.24. The van der Waals surface area contributed by atoms with Crippen LogP contribution in [0.2, 0.25) is 0 Å². The molecular weight excluding hydrogens is 1640 g/mol. The number of esters is 1. The number of fused-ring (bicyclic) bond motifs is 5. The summed E-state index contributed by atoms with van der Waals surface area (Å²) in [5.74, 6) is -8.18. The zero-order valence-corrected chi connectivity index (χ0v) is 76.1. The Morgan fingerprint density at radius 3 is 2.05 bits per heavy atom. The maximum atomic E-state index is 14.7. The molecule has 15 atom stereocenters. The SMILES string of the molecule is CO[C@H]1C[C@@H]2CC[C@@H](C)[C@@](O)(O2)C(=O)C(=O)N2CCCC[C@H]2C(=O)O[C@H]([C@H](N)C[C@@H]2CC[C@@H](OCCOCc3cn(CCOCCOCCOCCOCCOCCOCCOCCOCCCNCCCCn4nc(-c5ccc6oc(N)nc6c5)c5c(N(C)C)ncnc54)nn3)[C@H](OC)C2)CC(=O)[C@H](C)/C=C(\C)[C@@H](O)[C@@H](O)C(=O)[C@H](C)C[C@H](C)/C=C/C=CC=C1C. The van der Waals surface area contributed by atoms with E-state index in [0.717, 1.165) is 70.9 Å². The standard InChI is InChI=1S/C91H141N13O23/c1-61-19-12-11-13-20-62(2)77(113-9)56-70-25-22-66(6)91(112,127-70)85(109)88(110)103-30-16-14-21-73(103)89(111)125-78(57-74(105)63(3)52-65(5)83(107)84(108)82(106)64(4)51-61)71(92)53-67-23-26-76(79(54-67)114-10)124-50-49-123-59-69-58-102(100-98-69)32-34-116-36-38-118-40-42-120-44-46-122-48-47-121-45-43-119-41-39-117-37-35-115-33-18-29-94-28-15-17-31-104-87-80(86(101(7)8)95-60-96-87)81(99-104)68-24-27-75-72(55-68)97-90(93)126-75/h11-13,19-20,24,27,52,55,58,60-61,63-64,66-67,70-71,73,76-79,83-84,94,107-108,112H,14-18,21-23,25-26,28-51,53-54,56-57,59,92H2,1-10H3,(H2,93,97)/b13-11?,19-12+,62-20?,65-52+/t61-,63-,64-,66-,67+,70+,71-,73+,76-,77+,78+,79-,83-,84+,91-/m1/s1. The van der Waals surface area contributed by atoms with Gasteiger partial charge in [-0.1, -0.05) is 69.4 Å². The number of aryl methyl sites for hydroxylation is 1. The third-order valence-electron chi connectivity index (χ3n) is 23.7. The number of nitrogen functional groups attached to an aromatic ring is 1. The molecule has 708 valence electrons. The van der Waals surface area contributed by atoms with Crippen molar-refractivity contribution in [2.75, 3.05) is 178 Å². The second kappa shape index (κ2) is 54.7. The summed E-state index contributed by atoms with van der Waals surface area (Å²) >= 11 is 0. The van der Waals surface area contributed by atoms with Crippen LogP contribution in [0.5, 0.6) is 0 Å². The van der Waals surface area contributed by atoms with Crippen LogP contribution in [-0.2, 0) is 110 Å². The molecule has 0 radical (unpaired) electrons. The minimum absolute atomic E-state index is 0.0206. The number of Topliss-reactive ketones (excluding diaryl/α,β-unsaturated/α-hetero) is 3. The van der Waals surface area contributed by atoms with Gasteiger partial charge in [-0.15, -0.1) is 5.10 Å². The van der Waals surface area contributed by atoms with E-state index in [4.69, 9.17) is 87.3 Å². The van der Waals surface area contributed by atoms with Crippen molar-refractivity contribution < 1.29 is 110 Å². The van der Waals surface area contributed by atoms with Gasteiger partial charge in [0.15, 0.2) is 17.0 Å². The maximum absolute atomic E-state index is 14.7. The lowest BCUT2D eigenvalue weighted by molar-refractivity contribution is -0.265. The molecule has 1 amide bonds. The van der Waals surface area contributed by atoms with Crippen molar-refractivity contribution in [3.63, 3.8) is 0 Å². The predicted molar refractivity (Wildman–Crippen MR) is 473 cm³/mol. The molecule has 8 N–H and O–H groups in total. The molecule has 7 heterocycles. The highest BCUT2D eigenvalue weighted by Crippen LogP contribution is 2.39. The Bertz CT molecular complexity index is 4270. The van der Waals surface area contributed by atoms with E-state index in [-0.39, 0.29) is 81.3 Å². The lowest BCUT2D eigenvalue weighted by atomic mass is 9.80. The van der Waals surface area contributed by atoms with E-state index in [1.54, 1.807) is 52.2 Å². The van der Waals surface area contributed by atoms with E-state index in [0.29, 0.717) is 193 Å². The number of benzene rings is 1. The molecule has 1 aromatic carbocycles. The molecule has 9 rings (SSSR count). The Kier molecular flexibility index (Phi) is 44.3. The Morgan fingerprint density at radius 2 is 1.37 bits per heavy atom. The zero-order valence-electron chi connectivity index (χ0n) is 76.1. The number of unbranched alkanes of at least 4 members (excludes halogenated alkanes) is 1. The quantitative estimate of drug-likeness (QED) is 0.00967. The fourth-order valence-electron chi connectivity index (χ4n) is 16.3. The van der Waals surface area contributed by atoms with Gasteiger partial charge in [-0.05, 0) is 152 Å². The topological polar surface area (TPSA) is 446 Å². The third kappa shape index (κ3) is 32.6. The lowest BCUT2D eigenvalue weighted by Gasteiger charge is -2.42. The minimum atomic E-state index is -2.49. The number of hydrogen-bond acceptors (Lipinski definition) is 33. The van der Waals surface area contributed by atoms with Crippen LogP contribution in [0.3, 0.4) is 0 Å². The summed E-state index contributed by atoms with van der Waals surface area (Å²) in [7, 11) is 7.09. The van der Waals surface area contributed by atoms with Crippen molar-refractivity contribution in [1.82, 2.24) is 49.9 Å². The number of oxazole rings is 1. The number of methoxy groups -OCH3 is 2. The van der Waals surface area contributed by atoms with E-state index in [2.05, 4.69) is 30.6 Å². The second-order valence-corrected chi connectivity index (χ2v) is 33.7. The molecule has 1 saturated carbocycles. The summed E-state index contributed by atoms with van der Waals surface area (Å²) in [6.45, 7) is 21.5. The van der Waals surface area contributed by atoms with E-state index < -0.39 is 95.4 Å². The van der Waals surface area contributed by atoms with Crippen molar-refractivity contribution in [3.05, 3.63) is 84.0 Å². The number of anilines is 2. The van der Waals surface area contributed by atoms with Crippen molar-refractivity contribution in [3.8, 4) is 11.3 Å². The maximum Gasteiger partial charge on any atom is 0.329 e. The van der Waals surface area contributed by atoms with Crippen LogP contribution in [0.15, 0.2) is 82.7 Å². The first kappa shape index (κ1) is 103. The lowest BCUT2D eigenvalue weighted by Crippen LogP contribution is -2.61. The fourth-order valence-corrected chi connectivity index (χ4v) is 16.3. The van der Waals surface area contributed by atoms with Crippen LogP contribution in [0.4, 0.5) is 11.8 Å². The molecule has 36 heteroatoms. The summed E-state index contributed by atoms with van der Waals surface area (Å²) in [6, 6.07) is 3.71. The van der Waals surface area contributed by atoms with Crippen LogP contribution in [0, 0.1) is 29.6 Å². The van der Waals surface area contributed by atoms with Crippen LogP contribution in [0.1, 0.15) is 144 Å². The fraction of sp³-hybridized carbons (Fsp3) is 0.703. The van der Waals surface area contributed by atoms with Gasteiger partial charge in [0.05, 0.1) is 161 Å². The van der Waals surface area contributed by atoms with Crippen LogP contribution in [-0.4, -0.2) is 317 Å². The molecule has 4 aliphatic rings. The number of ether oxygens (including phenoxy) is 14. The molecule has 0 spiro atoms. The molecule has 127 heavy (non-hydrogen) atoms. The van der Waals surface area contributed by atoms with Crippen LogP contribution >= 0.6 is 0 Å². The highest BCUT2D eigenvalue weighted by Gasteiger charge is 2.53. The number of allylic oxidation sites excluding steroid dienone is 6. The van der Waals surface area contributed by atoms with E-state index in [1.165, 1.54) is 13.0 Å². The zero-order chi connectivity index (χ0) is 91.0. The van der Waals surface area contributed by atoms with Crippen LogP contribution in [0.25, 0.3) is 33.4 Å². The van der Waals surface area contributed by atoms with Gasteiger partial charge in [-0.3, -0.25) is 19.2 Å². The molecule has 5 aromatic rings. The van der Waals surface area contributed by atoms with Gasteiger partial charge in [-0.2, -0.15) is 10.1 Å². The summed E-state index contributed by atoms with van der Waals surface area (Å²) in [6.07, 6.45) is 15.1. The van der Waals surface area contributed by atoms with Gasteiger partial charge in [-0.25, -0.2) is 24.1 Å². The molecule has 36 nitrogen and oxygen atoms in total. The first-order chi connectivity index (χ1) is 61.4. The van der Waals surface area contributed by atoms with Gasteiger partial charge in [0, 0.05) is 90.2 Å². The molecule has 3 aliphatic heterocycles. The smallest absolute Gasteiger partial charge is 0.329 e. The number of aliphatic hydroxyl groups is 3. The number of carbonyl (C=O) groups excluding carboxylic acids is 5. The largest absolute Gasteiger partial charge is 0.459 e. The average molecular weight is 1790 g/mol. The highest BCUT2D eigenvalue weighted by atomic mass is 16.6. The first-order valence-corrected chi connectivity index (χ1v) is 45.2. The number of carbonyl (C=O) groups is 5. The first-order valence-electron chi connectivity index (χ1n) is 45.2. The van der Waals surface area contributed by atoms with Crippen molar-refractivity contribution >= 4 is 63.2 Å². The molecule has 0 unspecified atom stereocenters. The van der Waals surface area contributed by atoms with Crippen molar-refractivity contribution in [1.29, 1.82) is 0 Å². The third-order valence-corrected chi connectivity index (χ3v) is 23.7. The number of hydrogen-bond donors (Lipinski definition) is 6. The van der Waals surface area contributed by atoms with Crippen molar-refractivity contribution in [2.45, 2.75) is 218 Å². The Hall–Kier alpha value is -7.83. The van der Waals surface area contributed by atoms with E-state index in [9.17, 15) is 39.3 Å². The Balaban J connectivity index is 0.578. The Morgan fingerprint density at radius 1 is 0.701 bits per heavy atom. The minimum Gasteiger partial charge on any atom is -0.459 e. The molecule has 3 fully saturated rings. The number of ketones is 3. The summed E-state index contributed by atoms with van der Waals surface area (Å²) in [5.41, 5.74) is 18.3. The summed E-state index contributed by atoms with van der Waals surface area (Å²) in [5, 5.41) is 52.5. The molecule has 4 aromatic heterocycles.